The van der Waals surface area contributed by atoms with E-state index in [1.54, 1.807) is 6.07 Å². The second kappa shape index (κ2) is 4.18. The molecule has 0 aliphatic rings. The van der Waals surface area contributed by atoms with Gasteiger partial charge in [-0.2, -0.15) is 0 Å². The van der Waals surface area contributed by atoms with Crippen molar-refractivity contribution >= 4 is 23.1 Å². The molecular formula is C9H10O3S. The number of hydrogen-bond donors (Lipinski definition) is 0. The lowest BCUT2D eigenvalue weighted by atomic mass is 10.2. The molecule has 1 aromatic heterocycles. The van der Waals surface area contributed by atoms with Gasteiger partial charge in [-0.25, -0.2) is 0 Å². The minimum atomic E-state index is -0.490. The van der Waals surface area contributed by atoms with Crippen molar-refractivity contribution in [2.75, 3.05) is 7.11 Å². The Morgan fingerprint density at radius 1 is 1.54 bits per heavy atom. The highest BCUT2D eigenvalue weighted by Crippen LogP contribution is 2.15. The number of methoxy groups -OCH3 is 1. The molecule has 0 aliphatic carbocycles. The zero-order valence-electron chi connectivity index (χ0n) is 7.49. The molecule has 0 N–H and O–H groups in total. The molecule has 1 heterocycles. The van der Waals surface area contributed by atoms with Crippen molar-refractivity contribution in [3.8, 4) is 0 Å². The number of carbonyl (C=O) groups is 2. The Hall–Kier alpha value is -1.16. The van der Waals surface area contributed by atoms with E-state index in [0.29, 0.717) is 4.88 Å². The Balaban J connectivity index is 2.64. The predicted octanol–water partition coefficient (Wildman–Crippen LogP) is 1.80. The first-order valence-electron chi connectivity index (χ1n) is 3.78. The lowest BCUT2D eigenvalue weighted by molar-refractivity contribution is -0.139. The number of rotatable bonds is 3. The van der Waals surface area contributed by atoms with E-state index in [1.165, 1.54) is 18.4 Å². The molecule has 0 bridgehead atoms. The molecule has 1 aromatic rings. The van der Waals surface area contributed by atoms with Crippen molar-refractivity contribution in [1.29, 1.82) is 0 Å². The summed E-state index contributed by atoms with van der Waals surface area (Å²) in [5, 5.41) is 1.88. The van der Waals surface area contributed by atoms with Crippen molar-refractivity contribution in [1.82, 2.24) is 0 Å². The van der Waals surface area contributed by atoms with Crippen LogP contribution in [0, 0.1) is 6.92 Å². The number of hydrogen-bond acceptors (Lipinski definition) is 4. The van der Waals surface area contributed by atoms with E-state index >= 15 is 0 Å². The van der Waals surface area contributed by atoms with E-state index in [2.05, 4.69) is 4.74 Å². The minimum absolute atomic E-state index is 0.170. The van der Waals surface area contributed by atoms with Crippen LogP contribution in [0.25, 0.3) is 0 Å². The summed E-state index contributed by atoms with van der Waals surface area (Å²) in [4.78, 5) is 22.7. The minimum Gasteiger partial charge on any atom is -0.469 e. The van der Waals surface area contributed by atoms with Gasteiger partial charge < -0.3 is 4.74 Å². The fourth-order valence-corrected chi connectivity index (χ4v) is 1.71. The molecule has 4 heteroatoms. The van der Waals surface area contributed by atoms with Gasteiger partial charge in [-0.1, -0.05) is 0 Å². The Labute approximate surface area is 80.3 Å². The van der Waals surface area contributed by atoms with Crippen LogP contribution in [0.4, 0.5) is 0 Å². The Morgan fingerprint density at radius 3 is 2.69 bits per heavy atom. The van der Waals surface area contributed by atoms with E-state index in [4.69, 9.17) is 0 Å². The molecule has 0 saturated heterocycles. The SMILES string of the molecule is COC(=O)CC(=O)c1cc(C)cs1. The number of Topliss-reactive ketones (excluding diaryl/α,β-unsaturated/α-hetero) is 1. The average Bonchev–Trinajstić information content (AvgIpc) is 2.51. The second-order valence-electron chi connectivity index (χ2n) is 2.66. The lowest BCUT2D eigenvalue weighted by Gasteiger charge is -1.95. The number of thiophene rings is 1. The van der Waals surface area contributed by atoms with Crippen LogP contribution in [-0.4, -0.2) is 18.9 Å². The first kappa shape index (κ1) is 9.92. The van der Waals surface area contributed by atoms with Crippen LogP contribution >= 0.6 is 11.3 Å². The summed E-state index contributed by atoms with van der Waals surface area (Å²) in [6, 6.07) is 1.77. The highest BCUT2D eigenvalue weighted by molar-refractivity contribution is 7.12. The largest absolute Gasteiger partial charge is 0.469 e. The zero-order chi connectivity index (χ0) is 9.84. The van der Waals surface area contributed by atoms with Gasteiger partial charge in [0.15, 0.2) is 5.78 Å². The van der Waals surface area contributed by atoms with Crippen LogP contribution in [-0.2, 0) is 9.53 Å². The molecule has 0 saturated carbocycles. The fraction of sp³-hybridized carbons (Fsp3) is 0.333. The first-order chi connectivity index (χ1) is 6.13. The second-order valence-corrected chi connectivity index (χ2v) is 3.58. The highest BCUT2D eigenvalue weighted by Gasteiger charge is 2.13. The molecule has 0 aromatic carbocycles. The number of ether oxygens (including phenoxy) is 1. The van der Waals surface area contributed by atoms with Crippen molar-refractivity contribution < 1.29 is 14.3 Å². The first-order valence-corrected chi connectivity index (χ1v) is 4.66. The fourth-order valence-electron chi connectivity index (χ4n) is 0.868. The molecular weight excluding hydrogens is 188 g/mol. The molecule has 13 heavy (non-hydrogen) atoms. The summed E-state index contributed by atoms with van der Waals surface area (Å²) < 4.78 is 4.39. The van der Waals surface area contributed by atoms with Crippen molar-refractivity contribution in [2.24, 2.45) is 0 Å². The molecule has 0 aliphatic heterocycles. The number of ketones is 1. The number of esters is 1. The van der Waals surface area contributed by atoms with Gasteiger partial charge in [0.1, 0.15) is 6.42 Å². The lowest BCUT2D eigenvalue weighted by Crippen LogP contribution is -2.08. The number of aryl methyl sites for hydroxylation is 1. The molecule has 3 nitrogen and oxygen atoms in total. The molecule has 0 spiro atoms. The van der Waals surface area contributed by atoms with Crippen LogP contribution in [0.5, 0.6) is 0 Å². The van der Waals surface area contributed by atoms with Gasteiger partial charge in [-0.3, -0.25) is 9.59 Å². The van der Waals surface area contributed by atoms with E-state index in [0.717, 1.165) is 5.56 Å². The van der Waals surface area contributed by atoms with Gasteiger partial charge in [-0.15, -0.1) is 11.3 Å². The van der Waals surface area contributed by atoms with Crippen molar-refractivity contribution in [3.63, 3.8) is 0 Å². The van der Waals surface area contributed by atoms with Gasteiger partial charge in [-0.05, 0) is 23.9 Å². The topological polar surface area (TPSA) is 43.4 Å². The van der Waals surface area contributed by atoms with Gasteiger partial charge in [0, 0.05) is 0 Å². The van der Waals surface area contributed by atoms with Gasteiger partial charge >= 0.3 is 5.97 Å². The van der Waals surface area contributed by atoms with E-state index < -0.39 is 5.97 Å². The molecule has 0 fully saturated rings. The number of carbonyl (C=O) groups excluding carboxylic acids is 2. The third-order valence-corrected chi connectivity index (χ3v) is 2.63. The summed E-state index contributed by atoms with van der Waals surface area (Å²) in [7, 11) is 1.27. The van der Waals surface area contributed by atoms with Crippen molar-refractivity contribution in [2.45, 2.75) is 13.3 Å². The normalized spacial score (nSPS) is 9.69. The van der Waals surface area contributed by atoms with E-state index in [-0.39, 0.29) is 12.2 Å². The Morgan fingerprint density at radius 2 is 2.23 bits per heavy atom. The molecule has 70 valence electrons. The summed E-state index contributed by atoms with van der Waals surface area (Å²) in [5.74, 6) is -0.666. The van der Waals surface area contributed by atoms with Crippen LogP contribution in [0.3, 0.4) is 0 Å². The van der Waals surface area contributed by atoms with Gasteiger partial charge in [0.2, 0.25) is 0 Å². The van der Waals surface area contributed by atoms with Gasteiger partial charge in [0.25, 0.3) is 0 Å². The summed E-state index contributed by atoms with van der Waals surface area (Å²) in [5.41, 5.74) is 1.04. The third-order valence-electron chi connectivity index (χ3n) is 1.54. The van der Waals surface area contributed by atoms with Crippen LogP contribution < -0.4 is 0 Å². The standard InChI is InChI=1S/C9H10O3S/c1-6-3-8(13-5-6)7(10)4-9(11)12-2/h3,5H,4H2,1-2H3. The van der Waals surface area contributed by atoms with E-state index in [9.17, 15) is 9.59 Å². The predicted molar refractivity (Wildman–Crippen MR) is 50.0 cm³/mol. The molecule has 0 atom stereocenters. The van der Waals surface area contributed by atoms with Crippen molar-refractivity contribution in [3.05, 3.63) is 21.9 Å². The Kier molecular flexibility index (Phi) is 3.19. The summed E-state index contributed by atoms with van der Waals surface area (Å²) >= 11 is 1.35. The van der Waals surface area contributed by atoms with Gasteiger partial charge in [0.05, 0.1) is 12.0 Å². The Bertz CT molecular complexity index is 327. The van der Waals surface area contributed by atoms with Crippen LogP contribution in [0.1, 0.15) is 21.7 Å². The zero-order valence-corrected chi connectivity index (χ0v) is 8.31. The average molecular weight is 198 g/mol. The maximum absolute atomic E-state index is 11.3. The smallest absolute Gasteiger partial charge is 0.313 e. The molecule has 0 radical (unpaired) electrons. The monoisotopic (exact) mass is 198 g/mol. The maximum atomic E-state index is 11.3. The molecule has 0 amide bonds. The molecule has 0 unspecified atom stereocenters. The third kappa shape index (κ3) is 2.66. The van der Waals surface area contributed by atoms with Crippen LogP contribution in [0.15, 0.2) is 11.4 Å². The maximum Gasteiger partial charge on any atom is 0.313 e. The van der Waals surface area contributed by atoms with Crippen LogP contribution in [0.2, 0.25) is 0 Å². The summed E-state index contributed by atoms with van der Waals surface area (Å²) in [6.45, 7) is 1.91. The summed E-state index contributed by atoms with van der Waals surface area (Å²) in [6.07, 6.45) is -0.170. The van der Waals surface area contributed by atoms with E-state index in [1.807, 2.05) is 12.3 Å². The highest BCUT2D eigenvalue weighted by atomic mass is 32.1. The molecule has 1 rings (SSSR count). The quantitative estimate of drug-likeness (QED) is 0.422.